The third-order valence-corrected chi connectivity index (χ3v) is 3.33. The van der Waals surface area contributed by atoms with Crippen LogP contribution < -0.4 is 5.32 Å². The van der Waals surface area contributed by atoms with E-state index < -0.39 is 5.82 Å². The number of alkyl halides is 1. The molecule has 0 heterocycles. The van der Waals surface area contributed by atoms with Gasteiger partial charge in [-0.05, 0) is 31.0 Å². The molecule has 0 aliphatic heterocycles. The summed E-state index contributed by atoms with van der Waals surface area (Å²) in [5, 5.41) is 3.68. The summed E-state index contributed by atoms with van der Waals surface area (Å²) in [6.45, 7) is 0.585. The zero-order chi connectivity index (χ0) is 12.7. The summed E-state index contributed by atoms with van der Waals surface area (Å²) < 4.78 is 14.1. The fraction of sp³-hybridized carbons (Fsp3) is 0.417. The van der Waals surface area contributed by atoms with E-state index in [0.29, 0.717) is 11.0 Å². The van der Waals surface area contributed by atoms with Gasteiger partial charge in [0.1, 0.15) is 5.82 Å². The number of halogens is 3. The Hall–Kier alpha value is -0.420. The van der Waals surface area contributed by atoms with E-state index in [4.69, 9.17) is 0 Å². The van der Waals surface area contributed by atoms with Crippen LogP contribution >= 0.6 is 31.9 Å². The largest absolute Gasteiger partial charge is 0.352 e. The average molecular weight is 367 g/mol. The van der Waals surface area contributed by atoms with E-state index in [1.54, 1.807) is 6.07 Å². The van der Waals surface area contributed by atoms with Crippen molar-refractivity contribution < 1.29 is 9.18 Å². The number of nitrogens with one attached hydrogen (secondary N) is 1. The van der Waals surface area contributed by atoms with Gasteiger partial charge in [-0.3, -0.25) is 4.79 Å². The van der Waals surface area contributed by atoms with E-state index in [2.05, 4.69) is 37.2 Å². The summed E-state index contributed by atoms with van der Waals surface area (Å²) in [4.78, 5) is 11.6. The third-order valence-electron chi connectivity index (χ3n) is 2.27. The van der Waals surface area contributed by atoms with Gasteiger partial charge in [0.15, 0.2) is 0 Å². The van der Waals surface area contributed by atoms with Gasteiger partial charge in [-0.1, -0.05) is 38.3 Å². The van der Waals surface area contributed by atoms with Crippen molar-refractivity contribution in [1.82, 2.24) is 5.32 Å². The Balaban J connectivity index is 2.42. The quantitative estimate of drug-likeness (QED) is 0.600. The van der Waals surface area contributed by atoms with Crippen LogP contribution in [-0.2, 0) is 0 Å². The Labute approximate surface area is 117 Å². The molecule has 94 valence electrons. The van der Waals surface area contributed by atoms with Crippen LogP contribution in [0.2, 0.25) is 0 Å². The van der Waals surface area contributed by atoms with Crippen molar-refractivity contribution in [2.24, 2.45) is 0 Å². The Morgan fingerprint density at radius 2 is 2.06 bits per heavy atom. The second-order valence-corrected chi connectivity index (χ2v) is 5.34. The molecule has 0 saturated heterocycles. The highest BCUT2D eigenvalue weighted by molar-refractivity contribution is 9.10. The number of unbranched alkanes of at least 4 members (excludes halogenated alkanes) is 2. The molecule has 0 unspecified atom stereocenters. The molecule has 0 atom stereocenters. The SMILES string of the molecule is O=C(NCCCCCBr)c1ccc(Br)cc1F. The van der Waals surface area contributed by atoms with E-state index in [9.17, 15) is 9.18 Å². The molecule has 0 fully saturated rings. The summed E-state index contributed by atoms with van der Waals surface area (Å²) in [6.07, 6.45) is 3.05. The number of rotatable bonds is 6. The minimum Gasteiger partial charge on any atom is -0.352 e. The lowest BCUT2D eigenvalue weighted by molar-refractivity contribution is 0.0949. The van der Waals surface area contributed by atoms with Gasteiger partial charge in [0.25, 0.3) is 5.91 Å². The van der Waals surface area contributed by atoms with E-state index in [0.717, 1.165) is 24.6 Å². The molecule has 0 bridgehead atoms. The number of hydrogen-bond acceptors (Lipinski definition) is 1. The highest BCUT2D eigenvalue weighted by Crippen LogP contribution is 2.15. The van der Waals surface area contributed by atoms with Crippen molar-refractivity contribution >= 4 is 37.8 Å². The second kappa shape index (κ2) is 7.82. The van der Waals surface area contributed by atoms with Crippen molar-refractivity contribution in [3.05, 3.63) is 34.1 Å². The Morgan fingerprint density at radius 1 is 1.29 bits per heavy atom. The number of amides is 1. The molecule has 0 aliphatic rings. The molecule has 0 spiro atoms. The molecule has 0 aromatic heterocycles. The van der Waals surface area contributed by atoms with Crippen molar-refractivity contribution in [3.63, 3.8) is 0 Å². The van der Waals surface area contributed by atoms with Crippen LogP contribution in [0.3, 0.4) is 0 Å². The first-order chi connectivity index (χ1) is 8.15. The number of carbonyl (C=O) groups excluding carboxylic acids is 1. The highest BCUT2D eigenvalue weighted by atomic mass is 79.9. The molecule has 2 nitrogen and oxygen atoms in total. The monoisotopic (exact) mass is 365 g/mol. The molecule has 17 heavy (non-hydrogen) atoms. The van der Waals surface area contributed by atoms with Gasteiger partial charge in [0.05, 0.1) is 5.56 Å². The predicted molar refractivity (Wildman–Crippen MR) is 74.1 cm³/mol. The van der Waals surface area contributed by atoms with E-state index in [1.165, 1.54) is 12.1 Å². The van der Waals surface area contributed by atoms with Gasteiger partial charge < -0.3 is 5.32 Å². The molecular weight excluding hydrogens is 353 g/mol. The molecule has 0 radical (unpaired) electrons. The number of hydrogen-bond donors (Lipinski definition) is 1. The van der Waals surface area contributed by atoms with Gasteiger partial charge in [0.2, 0.25) is 0 Å². The van der Waals surface area contributed by atoms with Crippen molar-refractivity contribution in [2.45, 2.75) is 19.3 Å². The molecule has 1 rings (SSSR count). The first kappa shape index (κ1) is 14.6. The van der Waals surface area contributed by atoms with Gasteiger partial charge in [-0.25, -0.2) is 4.39 Å². The van der Waals surface area contributed by atoms with Crippen molar-refractivity contribution in [3.8, 4) is 0 Å². The zero-order valence-electron chi connectivity index (χ0n) is 9.31. The van der Waals surface area contributed by atoms with Crippen LogP contribution in [0.15, 0.2) is 22.7 Å². The molecule has 1 amide bonds. The normalized spacial score (nSPS) is 10.3. The fourth-order valence-electron chi connectivity index (χ4n) is 1.37. The average Bonchev–Trinajstić information content (AvgIpc) is 2.28. The van der Waals surface area contributed by atoms with Crippen molar-refractivity contribution in [1.29, 1.82) is 0 Å². The van der Waals surface area contributed by atoms with Crippen LogP contribution in [0, 0.1) is 5.82 Å². The Kier molecular flexibility index (Phi) is 6.73. The molecule has 1 N–H and O–H groups in total. The highest BCUT2D eigenvalue weighted by Gasteiger charge is 2.10. The molecule has 0 aliphatic carbocycles. The minimum absolute atomic E-state index is 0.0914. The number of carbonyl (C=O) groups is 1. The van der Waals surface area contributed by atoms with Gasteiger partial charge in [0, 0.05) is 16.3 Å². The lowest BCUT2D eigenvalue weighted by Gasteiger charge is -2.06. The first-order valence-electron chi connectivity index (χ1n) is 5.44. The van der Waals surface area contributed by atoms with Gasteiger partial charge in [-0.2, -0.15) is 0 Å². The summed E-state index contributed by atoms with van der Waals surface area (Å²) in [5.74, 6) is -0.855. The maximum absolute atomic E-state index is 13.4. The summed E-state index contributed by atoms with van der Waals surface area (Å²) in [6, 6.07) is 4.43. The van der Waals surface area contributed by atoms with Gasteiger partial charge in [-0.15, -0.1) is 0 Å². The fourth-order valence-corrected chi connectivity index (χ4v) is 2.10. The first-order valence-corrected chi connectivity index (χ1v) is 7.36. The van der Waals surface area contributed by atoms with Gasteiger partial charge >= 0.3 is 0 Å². The molecule has 5 heteroatoms. The van der Waals surface area contributed by atoms with Crippen LogP contribution in [0.1, 0.15) is 29.6 Å². The van der Waals surface area contributed by atoms with E-state index in [1.807, 2.05) is 0 Å². The second-order valence-electron chi connectivity index (χ2n) is 3.63. The lowest BCUT2D eigenvalue weighted by Crippen LogP contribution is -2.25. The predicted octanol–water partition coefficient (Wildman–Crippen LogP) is 3.88. The van der Waals surface area contributed by atoms with Crippen LogP contribution in [0.5, 0.6) is 0 Å². The maximum atomic E-state index is 13.4. The smallest absolute Gasteiger partial charge is 0.254 e. The minimum atomic E-state index is -0.502. The molecule has 1 aromatic rings. The number of benzene rings is 1. The zero-order valence-corrected chi connectivity index (χ0v) is 12.5. The van der Waals surface area contributed by atoms with Crippen LogP contribution in [0.25, 0.3) is 0 Å². The molecular formula is C12H14Br2FNO. The maximum Gasteiger partial charge on any atom is 0.254 e. The third kappa shape index (κ3) is 5.17. The standard InChI is InChI=1S/C12H14Br2FNO/c13-6-2-1-3-7-16-12(17)10-5-4-9(14)8-11(10)15/h4-5,8H,1-3,6-7H2,(H,16,17). The lowest BCUT2D eigenvalue weighted by atomic mass is 10.2. The Morgan fingerprint density at radius 3 is 2.71 bits per heavy atom. The van der Waals surface area contributed by atoms with Crippen LogP contribution in [-0.4, -0.2) is 17.8 Å². The van der Waals surface area contributed by atoms with Crippen LogP contribution in [0.4, 0.5) is 4.39 Å². The summed E-state index contributed by atoms with van der Waals surface area (Å²) in [7, 11) is 0. The van der Waals surface area contributed by atoms with Crippen molar-refractivity contribution in [2.75, 3.05) is 11.9 Å². The molecule has 1 aromatic carbocycles. The molecule has 0 saturated carbocycles. The Bertz CT molecular complexity index is 385. The topological polar surface area (TPSA) is 29.1 Å². The summed E-state index contributed by atoms with van der Waals surface area (Å²) >= 11 is 6.49. The van der Waals surface area contributed by atoms with E-state index >= 15 is 0 Å². The summed E-state index contributed by atoms with van der Waals surface area (Å²) in [5.41, 5.74) is 0.0914. The van der Waals surface area contributed by atoms with E-state index in [-0.39, 0.29) is 11.5 Å².